The van der Waals surface area contributed by atoms with E-state index in [1.165, 1.54) is 12.1 Å². The number of hydrogen-bond acceptors (Lipinski definition) is 3. The lowest BCUT2D eigenvalue weighted by molar-refractivity contribution is -0.174. The molecule has 116 valence electrons. The lowest BCUT2D eigenvalue weighted by Gasteiger charge is -2.12. The van der Waals surface area contributed by atoms with Gasteiger partial charge in [-0.2, -0.15) is 13.2 Å². The number of carbonyl (C=O) groups excluding carboxylic acids is 1. The highest BCUT2D eigenvalue weighted by Gasteiger charge is 2.28. The summed E-state index contributed by atoms with van der Waals surface area (Å²) in [6, 6.07) is 2.73. The van der Waals surface area contributed by atoms with E-state index in [2.05, 4.69) is 41.9 Å². The van der Waals surface area contributed by atoms with Gasteiger partial charge in [0.1, 0.15) is 13.2 Å². The smallest absolute Gasteiger partial charge is 0.411 e. The molecule has 2 N–H and O–H groups in total. The molecule has 0 saturated carbocycles. The second-order valence-electron chi connectivity index (χ2n) is 3.77. The SMILES string of the molecule is O=C(COCC(F)(F)F)Nc1c(Br)cc(Br)cc1C(=O)O. The maximum absolute atomic E-state index is 11.9. The van der Waals surface area contributed by atoms with Crippen molar-refractivity contribution in [1.82, 2.24) is 0 Å². The number of halogens is 5. The van der Waals surface area contributed by atoms with Crippen molar-refractivity contribution in [3.63, 3.8) is 0 Å². The number of amides is 1. The number of benzene rings is 1. The van der Waals surface area contributed by atoms with Gasteiger partial charge in [0.05, 0.1) is 11.3 Å². The van der Waals surface area contributed by atoms with Crippen LogP contribution in [0.25, 0.3) is 0 Å². The van der Waals surface area contributed by atoms with Crippen LogP contribution in [-0.2, 0) is 9.53 Å². The molecule has 0 aliphatic heterocycles. The summed E-state index contributed by atoms with van der Waals surface area (Å²) in [4.78, 5) is 22.6. The van der Waals surface area contributed by atoms with Crippen LogP contribution >= 0.6 is 31.9 Å². The van der Waals surface area contributed by atoms with Crippen molar-refractivity contribution in [3.05, 3.63) is 26.6 Å². The third-order valence-corrected chi connectivity index (χ3v) is 3.13. The molecule has 5 nitrogen and oxygen atoms in total. The third-order valence-electron chi connectivity index (χ3n) is 2.05. The van der Waals surface area contributed by atoms with Gasteiger partial charge < -0.3 is 15.2 Å². The van der Waals surface area contributed by atoms with Crippen molar-refractivity contribution in [3.8, 4) is 0 Å². The molecule has 10 heteroatoms. The van der Waals surface area contributed by atoms with E-state index in [4.69, 9.17) is 5.11 Å². The topological polar surface area (TPSA) is 75.6 Å². The molecule has 0 fully saturated rings. The van der Waals surface area contributed by atoms with Gasteiger partial charge in [0.25, 0.3) is 0 Å². The summed E-state index contributed by atoms with van der Waals surface area (Å²) < 4.78 is 40.5. The fraction of sp³-hybridized carbons (Fsp3) is 0.273. The summed E-state index contributed by atoms with van der Waals surface area (Å²) in [5.74, 6) is -2.20. The minimum Gasteiger partial charge on any atom is -0.478 e. The van der Waals surface area contributed by atoms with Crippen LogP contribution in [0, 0.1) is 0 Å². The Bertz CT molecular complexity index is 563. The minimum absolute atomic E-state index is 0.0636. The van der Waals surface area contributed by atoms with Gasteiger partial charge in [-0.05, 0) is 28.1 Å². The van der Waals surface area contributed by atoms with E-state index in [0.29, 0.717) is 4.47 Å². The zero-order valence-corrected chi connectivity index (χ0v) is 13.3. The van der Waals surface area contributed by atoms with Crippen molar-refractivity contribution in [1.29, 1.82) is 0 Å². The average molecular weight is 435 g/mol. The molecule has 0 aliphatic carbocycles. The summed E-state index contributed by atoms with van der Waals surface area (Å²) in [5, 5.41) is 11.2. The van der Waals surface area contributed by atoms with Crippen LogP contribution in [0.4, 0.5) is 18.9 Å². The first-order valence-corrected chi connectivity index (χ1v) is 6.85. The number of rotatable bonds is 5. The Kier molecular flexibility index (Phi) is 6.17. The highest BCUT2D eigenvalue weighted by atomic mass is 79.9. The van der Waals surface area contributed by atoms with Gasteiger partial charge in [0.15, 0.2) is 0 Å². The van der Waals surface area contributed by atoms with Gasteiger partial charge in [-0.1, -0.05) is 15.9 Å². The zero-order chi connectivity index (χ0) is 16.2. The van der Waals surface area contributed by atoms with Gasteiger partial charge >= 0.3 is 12.1 Å². The van der Waals surface area contributed by atoms with Crippen LogP contribution in [0.2, 0.25) is 0 Å². The Morgan fingerprint density at radius 2 is 1.90 bits per heavy atom. The quantitative estimate of drug-likeness (QED) is 0.744. The number of alkyl halides is 3. The summed E-state index contributed by atoms with van der Waals surface area (Å²) in [6.45, 7) is -2.41. The molecule has 0 unspecified atom stereocenters. The molecular formula is C11H8Br2F3NO4. The van der Waals surface area contributed by atoms with Crippen molar-refractivity contribution in [2.24, 2.45) is 0 Å². The molecular weight excluding hydrogens is 427 g/mol. The Morgan fingerprint density at radius 3 is 2.43 bits per heavy atom. The second kappa shape index (κ2) is 7.23. The molecule has 0 atom stereocenters. The molecule has 0 radical (unpaired) electrons. The number of carboxylic acids is 1. The number of anilines is 1. The molecule has 21 heavy (non-hydrogen) atoms. The maximum atomic E-state index is 11.9. The van der Waals surface area contributed by atoms with Crippen molar-refractivity contribution < 1.29 is 32.6 Å². The van der Waals surface area contributed by atoms with Crippen LogP contribution in [0.1, 0.15) is 10.4 Å². The summed E-state index contributed by atoms with van der Waals surface area (Å²) in [6.07, 6.45) is -4.54. The molecule has 0 heterocycles. The molecule has 1 aromatic rings. The second-order valence-corrected chi connectivity index (χ2v) is 5.54. The lowest BCUT2D eigenvalue weighted by atomic mass is 10.2. The average Bonchev–Trinajstić information content (AvgIpc) is 2.30. The van der Waals surface area contributed by atoms with Gasteiger partial charge in [0.2, 0.25) is 5.91 Å². The van der Waals surface area contributed by atoms with Crippen molar-refractivity contribution >= 4 is 49.4 Å². The predicted octanol–water partition coefficient (Wildman–Crippen LogP) is 3.43. The van der Waals surface area contributed by atoms with Crippen LogP contribution in [0.5, 0.6) is 0 Å². The van der Waals surface area contributed by atoms with E-state index < -0.39 is 31.3 Å². The Hall–Kier alpha value is -1.13. The Morgan fingerprint density at radius 1 is 1.29 bits per heavy atom. The fourth-order valence-electron chi connectivity index (χ4n) is 1.30. The van der Waals surface area contributed by atoms with E-state index in [-0.39, 0.29) is 15.7 Å². The third kappa shape index (κ3) is 6.02. The van der Waals surface area contributed by atoms with Crippen molar-refractivity contribution in [2.45, 2.75) is 6.18 Å². The molecule has 0 aromatic heterocycles. The highest BCUT2D eigenvalue weighted by molar-refractivity contribution is 9.11. The minimum atomic E-state index is -4.54. The van der Waals surface area contributed by atoms with Crippen LogP contribution in [-0.4, -0.2) is 36.4 Å². The highest BCUT2D eigenvalue weighted by Crippen LogP contribution is 2.30. The first-order chi connectivity index (χ1) is 9.60. The first kappa shape index (κ1) is 17.9. The van der Waals surface area contributed by atoms with Crippen LogP contribution in [0.3, 0.4) is 0 Å². The number of carboxylic acid groups (broad SMARTS) is 1. The largest absolute Gasteiger partial charge is 0.478 e. The van der Waals surface area contributed by atoms with Gasteiger partial charge in [-0.3, -0.25) is 4.79 Å². The van der Waals surface area contributed by atoms with Gasteiger partial charge in [-0.15, -0.1) is 0 Å². The molecule has 1 aromatic carbocycles. The molecule has 0 saturated heterocycles. The van der Waals surface area contributed by atoms with E-state index in [1.807, 2.05) is 0 Å². The predicted molar refractivity (Wildman–Crippen MR) is 74.3 cm³/mol. The van der Waals surface area contributed by atoms with E-state index in [0.717, 1.165) is 0 Å². The zero-order valence-electron chi connectivity index (χ0n) is 10.1. The van der Waals surface area contributed by atoms with Gasteiger partial charge in [0, 0.05) is 8.95 Å². The number of hydrogen-bond donors (Lipinski definition) is 2. The Balaban J connectivity index is 2.79. The van der Waals surface area contributed by atoms with Crippen molar-refractivity contribution in [2.75, 3.05) is 18.5 Å². The first-order valence-electron chi connectivity index (χ1n) is 5.27. The fourth-order valence-corrected chi connectivity index (χ4v) is 2.63. The maximum Gasteiger partial charge on any atom is 0.411 e. The lowest BCUT2D eigenvalue weighted by Crippen LogP contribution is -2.24. The molecule has 1 rings (SSSR count). The molecule has 1 amide bonds. The molecule has 0 bridgehead atoms. The van der Waals surface area contributed by atoms with Crippen LogP contribution < -0.4 is 5.32 Å². The Labute approximate surface area is 133 Å². The number of ether oxygens (including phenoxy) is 1. The normalized spacial score (nSPS) is 11.3. The summed E-state index contributed by atoms with van der Waals surface area (Å²) in [7, 11) is 0. The molecule has 0 spiro atoms. The van der Waals surface area contributed by atoms with Crippen LogP contribution in [0.15, 0.2) is 21.1 Å². The molecule has 0 aliphatic rings. The van der Waals surface area contributed by atoms with E-state index in [9.17, 15) is 22.8 Å². The van der Waals surface area contributed by atoms with Gasteiger partial charge in [-0.25, -0.2) is 4.79 Å². The number of carbonyl (C=O) groups is 2. The summed E-state index contributed by atoms with van der Waals surface area (Å²) >= 11 is 6.16. The number of aromatic carboxylic acids is 1. The number of nitrogens with one attached hydrogen (secondary N) is 1. The van der Waals surface area contributed by atoms with E-state index in [1.54, 1.807) is 0 Å². The van der Waals surface area contributed by atoms with E-state index >= 15 is 0 Å². The summed E-state index contributed by atoms with van der Waals surface area (Å²) in [5.41, 5.74) is -0.285. The standard InChI is InChI=1S/C11H8Br2F3NO4/c12-5-1-6(10(19)20)9(7(13)2-5)17-8(18)3-21-4-11(14,15)16/h1-2H,3-4H2,(H,17,18)(H,19,20). The monoisotopic (exact) mass is 433 g/mol.